The van der Waals surface area contributed by atoms with Gasteiger partial charge >= 0.3 is 0 Å². The number of aliphatic hydroxyl groups is 1. The van der Waals surface area contributed by atoms with E-state index in [9.17, 15) is 0 Å². The molecule has 0 radical (unpaired) electrons. The Kier molecular flexibility index (Phi) is 16.6. The number of aliphatic hydroxyl groups excluding tert-OH is 1. The van der Waals surface area contributed by atoms with Gasteiger partial charge in [0, 0.05) is 26.2 Å². The standard InChI is InChI=1S/C15H25BrN2O3.2ClH/c1-3-20-14-10-12(9-13(16)15(14)21-4-2)11-18-6-5-17-7-8-19;;/h9-10,17-19H,3-8,11H2,1-2H3;2*1H. The first-order valence-corrected chi connectivity index (χ1v) is 8.12. The predicted molar refractivity (Wildman–Crippen MR) is 103 cm³/mol. The monoisotopic (exact) mass is 432 g/mol. The second-order valence-corrected chi connectivity index (χ2v) is 5.28. The minimum Gasteiger partial charge on any atom is -0.490 e. The van der Waals surface area contributed by atoms with Crippen LogP contribution in [0.4, 0.5) is 0 Å². The predicted octanol–water partition coefficient (Wildman–Crippen LogP) is 2.76. The van der Waals surface area contributed by atoms with Crippen molar-refractivity contribution >= 4 is 40.7 Å². The zero-order chi connectivity index (χ0) is 15.5. The minimum absolute atomic E-state index is 0. The van der Waals surface area contributed by atoms with Gasteiger partial charge in [-0.3, -0.25) is 0 Å². The molecular formula is C15H27BrCl2N2O3. The van der Waals surface area contributed by atoms with Crippen LogP contribution in [0.3, 0.4) is 0 Å². The number of halogens is 3. The van der Waals surface area contributed by atoms with Crippen LogP contribution in [0.15, 0.2) is 16.6 Å². The van der Waals surface area contributed by atoms with E-state index in [1.54, 1.807) is 0 Å². The summed E-state index contributed by atoms with van der Waals surface area (Å²) in [4.78, 5) is 0. The third kappa shape index (κ3) is 9.59. The minimum atomic E-state index is 0. The molecule has 1 rings (SSSR count). The number of rotatable bonds is 11. The van der Waals surface area contributed by atoms with Crippen molar-refractivity contribution in [2.75, 3.05) is 39.5 Å². The summed E-state index contributed by atoms with van der Waals surface area (Å²) in [5, 5.41) is 15.1. The molecule has 136 valence electrons. The van der Waals surface area contributed by atoms with Crippen molar-refractivity contribution in [3.8, 4) is 11.5 Å². The van der Waals surface area contributed by atoms with Crippen LogP contribution >= 0.6 is 40.7 Å². The van der Waals surface area contributed by atoms with Crippen LogP contribution in [0.2, 0.25) is 0 Å². The van der Waals surface area contributed by atoms with Gasteiger partial charge in [0.05, 0.1) is 24.3 Å². The number of hydrogen-bond acceptors (Lipinski definition) is 5. The fraction of sp³-hybridized carbons (Fsp3) is 0.600. The highest BCUT2D eigenvalue weighted by Gasteiger charge is 2.11. The zero-order valence-corrected chi connectivity index (χ0v) is 16.8. The summed E-state index contributed by atoms with van der Waals surface area (Å²) in [5.41, 5.74) is 1.14. The van der Waals surface area contributed by atoms with Crippen LogP contribution in [0, 0.1) is 0 Å². The van der Waals surface area contributed by atoms with Crippen LogP contribution in [0.1, 0.15) is 19.4 Å². The van der Waals surface area contributed by atoms with Crippen molar-refractivity contribution in [1.29, 1.82) is 0 Å². The quantitative estimate of drug-likeness (QED) is 0.468. The third-order valence-corrected chi connectivity index (χ3v) is 3.34. The van der Waals surface area contributed by atoms with Crippen LogP contribution in [-0.4, -0.2) is 44.6 Å². The second-order valence-electron chi connectivity index (χ2n) is 4.42. The summed E-state index contributed by atoms with van der Waals surface area (Å²) in [7, 11) is 0. The Morgan fingerprint density at radius 3 is 2.26 bits per heavy atom. The van der Waals surface area contributed by atoms with Gasteiger partial charge in [-0.15, -0.1) is 24.8 Å². The first-order valence-electron chi connectivity index (χ1n) is 7.33. The van der Waals surface area contributed by atoms with Gasteiger partial charge in [-0.2, -0.15) is 0 Å². The third-order valence-electron chi connectivity index (χ3n) is 2.75. The van der Waals surface area contributed by atoms with E-state index in [0.29, 0.717) is 19.8 Å². The number of ether oxygens (including phenoxy) is 2. The van der Waals surface area contributed by atoms with Gasteiger partial charge in [0.1, 0.15) is 0 Å². The fourth-order valence-electron chi connectivity index (χ4n) is 1.88. The van der Waals surface area contributed by atoms with Gasteiger partial charge < -0.3 is 25.2 Å². The first kappa shape index (κ1) is 25.0. The van der Waals surface area contributed by atoms with E-state index in [0.717, 1.165) is 41.2 Å². The Morgan fingerprint density at radius 2 is 1.65 bits per heavy atom. The molecule has 0 aliphatic heterocycles. The largest absolute Gasteiger partial charge is 0.490 e. The van der Waals surface area contributed by atoms with Crippen LogP contribution in [0.5, 0.6) is 11.5 Å². The van der Waals surface area contributed by atoms with Crippen molar-refractivity contribution < 1.29 is 14.6 Å². The average Bonchev–Trinajstić information content (AvgIpc) is 2.46. The summed E-state index contributed by atoms with van der Waals surface area (Å²) in [6.07, 6.45) is 0. The SMILES string of the molecule is CCOc1cc(CNCCNCCO)cc(Br)c1OCC.Cl.Cl. The zero-order valence-electron chi connectivity index (χ0n) is 13.6. The maximum atomic E-state index is 8.67. The Hall–Kier alpha value is -0.240. The highest BCUT2D eigenvalue weighted by Crippen LogP contribution is 2.36. The maximum absolute atomic E-state index is 8.67. The van der Waals surface area contributed by atoms with Crippen molar-refractivity contribution in [2.45, 2.75) is 20.4 Å². The molecule has 0 aliphatic carbocycles. The van der Waals surface area contributed by atoms with E-state index in [1.165, 1.54) is 0 Å². The summed E-state index contributed by atoms with van der Waals surface area (Å²) >= 11 is 3.54. The number of hydrogen-bond donors (Lipinski definition) is 3. The molecule has 0 aliphatic rings. The Labute approximate surface area is 159 Å². The molecule has 1 aromatic carbocycles. The van der Waals surface area contributed by atoms with Gasteiger partial charge in [0.2, 0.25) is 0 Å². The molecule has 0 aromatic heterocycles. The maximum Gasteiger partial charge on any atom is 0.175 e. The molecule has 1 aromatic rings. The van der Waals surface area contributed by atoms with E-state index < -0.39 is 0 Å². The molecule has 0 saturated carbocycles. The van der Waals surface area contributed by atoms with E-state index in [2.05, 4.69) is 26.6 Å². The lowest BCUT2D eigenvalue weighted by Gasteiger charge is -2.15. The molecule has 5 nitrogen and oxygen atoms in total. The van der Waals surface area contributed by atoms with Gasteiger partial charge in [0.25, 0.3) is 0 Å². The van der Waals surface area contributed by atoms with Crippen molar-refractivity contribution in [3.63, 3.8) is 0 Å². The highest BCUT2D eigenvalue weighted by atomic mass is 79.9. The molecule has 0 spiro atoms. The molecule has 0 unspecified atom stereocenters. The van der Waals surface area contributed by atoms with Gasteiger partial charge in [0.15, 0.2) is 11.5 Å². The first-order chi connectivity index (χ1) is 10.2. The summed E-state index contributed by atoms with van der Waals surface area (Å²) in [5.74, 6) is 1.52. The molecule has 0 fully saturated rings. The Bertz CT molecular complexity index is 426. The molecule has 0 amide bonds. The van der Waals surface area contributed by atoms with E-state index >= 15 is 0 Å². The van der Waals surface area contributed by atoms with Gasteiger partial charge in [-0.05, 0) is 47.5 Å². The summed E-state index contributed by atoms with van der Waals surface area (Å²) in [6, 6.07) is 4.05. The van der Waals surface area contributed by atoms with Crippen molar-refractivity contribution in [2.24, 2.45) is 0 Å². The van der Waals surface area contributed by atoms with Crippen molar-refractivity contribution in [3.05, 3.63) is 22.2 Å². The van der Waals surface area contributed by atoms with E-state index in [-0.39, 0.29) is 31.4 Å². The average molecular weight is 434 g/mol. The Balaban J connectivity index is 0. The van der Waals surface area contributed by atoms with Crippen LogP contribution in [0.25, 0.3) is 0 Å². The summed E-state index contributed by atoms with van der Waals surface area (Å²) in [6.45, 7) is 8.35. The smallest absolute Gasteiger partial charge is 0.175 e. The molecule has 0 heterocycles. The molecule has 0 saturated heterocycles. The molecule has 0 atom stereocenters. The molecule has 3 N–H and O–H groups in total. The normalized spacial score (nSPS) is 9.74. The summed E-state index contributed by atoms with van der Waals surface area (Å²) < 4.78 is 12.2. The number of nitrogens with one attached hydrogen (secondary N) is 2. The lowest BCUT2D eigenvalue weighted by molar-refractivity contribution is 0.286. The highest BCUT2D eigenvalue weighted by molar-refractivity contribution is 9.10. The van der Waals surface area contributed by atoms with E-state index in [4.69, 9.17) is 14.6 Å². The topological polar surface area (TPSA) is 62.8 Å². The molecule has 23 heavy (non-hydrogen) atoms. The second kappa shape index (κ2) is 15.3. The Morgan fingerprint density at radius 1 is 1.00 bits per heavy atom. The molecule has 8 heteroatoms. The lowest BCUT2D eigenvalue weighted by Crippen LogP contribution is -2.28. The fourth-order valence-corrected chi connectivity index (χ4v) is 2.49. The van der Waals surface area contributed by atoms with Gasteiger partial charge in [-0.1, -0.05) is 0 Å². The van der Waals surface area contributed by atoms with Crippen LogP contribution < -0.4 is 20.1 Å². The lowest BCUT2D eigenvalue weighted by atomic mass is 10.2. The molecule has 0 bridgehead atoms. The number of benzene rings is 1. The van der Waals surface area contributed by atoms with Gasteiger partial charge in [-0.25, -0.2) is 0 Å². The molecular weight excluding hydrogens is 407 g/mol. The van der Waals surface area contributed by atoms with Crippen molar-refractivity contribution in [1.82, 2.24) is 10.6 Å². The van der Waals surface area contributed by atoms with Crippen LogP contribution in [-0.2, 0) is 6.54 Å². The van der Waals surface area contributed by atoms with E-state index in [1.807, 2.05) is 26.0 Å².